The molecular weight excluding hydrogens is 155 g/mol. The zero-order valence-electron chi connectivity index (χ0n) is 6.41. The number of alkyl halides is 3. The molecule has 0 unspecified atom stereocenters. The largest absolute Gasteiger partial charge is 0.393 e. The van der Waals surface area contributed by atoms with E-state index in [1.807, 2.05) is 0 Å². The molecule has 1 saturated heterocycles. The average Bonchev–Trinajstić information content (AvgIpc) is 1.86. The van der Waals surface area contributed by atoms with Gasteiger partial charge in [0.25, 0.3) is 0 Å². The van der Waals surface area contributed by atoms with Crippen molar-refractivity contribution in [1.82, 2.24) is 5.32 Å². The van der Waals surface area contributed by atoms with Gasteiger partial charge >= 0.3 is 6.18 Å². The first-order valence-corrected chi connectivity index (χ1v) is 3.79. The second-order valence-electron chi connectivity index (χ2n) is 3.12. The van der Waals surface area contributed by atoms with E-state index in [0.717, 1.165) is 0 Å². The Labute approximate surface area is 64.0 Å². The van der Waals surface area contributed by atoms with Crippen molar-refractivity contribution in [1.29, 1.82) is 0 Å². The molecule has 2 atom stereocenters. The van der Waals surface area contributed by atoms with Gasteiger partial charge in [0, 0.05) is 6.54 Å². The maximum atomic E-state index is 12.2. The highest BCUT2D eigenvalue weighted by molar-refractivity contribution is 4.80. The Balaban J connectivity index is 2.55. The smallest absolute Gasteiger partial charge is 0.316 e. The summed E-state index contributed by atoms with van der Waals surface area (Å²) in [4.78, 5) is 0. The monoisotopic (exact) mass is 167 g/mol. The highest BCUT2D eigenvalue weighted by Crippen LogP contribution is 2.34. The molecule has 1 aliphatic rings. The molecule has 0 radical (unpaired) electrons. The standard InChI is InChI=1S/C7H12F3N/c1-5-2-3-11-4-6(5)7(8,9)10/h5-6,11H,2-4H2,1H3/t5-,6-/m1/s1. The lowest BCUT2D eigenvalue weighted by Crippen LogP contribution is -2.43. The summed E-state index contributed by atoms with van der Waals surface area (Å²) in [6, 6.07) is 0. The van der Waals surface area contributed by atoms with Crippen molar-refractivity contribution in [2.75, 3.05) is 13.1 Å². The highest BCUT2D eigenvalue weighted by Gasteiger charge is 2.43. The van der Waals surface area contributed by atoms with E-state index in [2.05, 4.69) is 5.32 Å². The molecule has 4 heteroatoms. The first kappa shape index (κ1) is 8.84. The number of hydrogen-bond acceptors (Lipinski definition) is 1. The van der Waals surface area contributed by atoms with Crippen molar-refractivity contribution in [2.24, 2.45) is 11.8 Å². The zero-order chi connectivity index (χ0) is 8.48. The molecular formula is C7H12F3N. The predicted octanol–water partition coefficient (Wildman–Crippen LogP) is 1.79. The fraction of sp³-hybridized carbons (Fsp3) is 1.00. The Morgan fingerprint density at radius 1 is 1.36 bits per heavy atom. The van der Waals surface area contributed by atoms with E-state index in [1.165, 1.54) is 0 Å². The van der Waals surface area contributed by atoms with E-state index < -0.39 is 12.1 Å². The Hall–Kier alpha value is -0.250. The van der Waals surface area contributed by atoms with Crippen molar-refractivity contribution >= 4 is 0 Å². The average molecular weight is 167 g/mol. The van der Waals surface area contributed by atoms with Gasteiger partial charge in [0.2, 0.25) is 0 Å². The minimum absolute atomic E-state index is 0.0880. The van der Waals surface area contributed by atoms with Gasteiger partial charge in [-0.25, -0.2) is 0 Å². The van der Waals surface area contributed by atoms with E-state index in [4.69, 9.17) is 0 Å². The molecule has 1 heterocycles. The first-order chi connectivity index (χ1) is 5.02. The summed E-state index contributed by atoms with van der Waals surface area (Å²) in [5, 5.41) is 2.75. The summed E-state index contributed by atoms with van der Waals surface area (Å²) < 4.78 is 36.5. The van der Waals surface area contributed by atoms with E-state index in [0.29, 0.717) is 13.0 Å². The third-order valence-electron chi connectivity index (χ3n) is 2.25. The molecule has 0 spiro atoms. The van der Waals surface area contributed by atoms with Gasteiger partial charge in [0.05, 0.1) is 5.92 Å². The van der Waals surface area contributed by atoms with Crippen LogP contribution in [0.4, 0.5) is 13.2 Å². The number of rotatable bonds is 0. The maximum Gasteiger partial charge on any atom is 0.393 e. The maximum absolute atomic E-state index is 12.2. The van der Waals surface area contributed by atoms with Gasteiger partial charge in [0.15, 0.2) is 0 Å². The zero-order valence-corrected chi connectivity index (χ0v) is 6.41. The number of piperidine rings is 1. The van der Waals surface area contributed by atoms with Crippen LogP contribution in [0, 0.1) is 11.8 Å². The third-order valence-corrected chi connectivity index (χ3v) is 2.25. The molecule has 1 fully saturated rings. The quantitative estimate of drug-likeness (QED) is 0.580. The Bertz CT molecular complexity index is 132. The molecule has 0 bridgehead atoms. The van der Waals surface area contributed by atoms with E-state index in [9.17, 15) is 13.2 Å². The van der Waals surface area contributed by atoms with Crippen molar-refractivity contribution in [3.05, 3.63) is 0 Å². The molecule has 0 aromatic heterocycles. The summed E-state index contributed by atoms with van der Waals surface area (Å²) in [6.45, 7) is 2.47. The topological polar surface area (TPSA) is 12.0 Å². The van der Waals surface area contributed by atoms with Crippen LogP contribution in [-0.4, -0.2) is 19.3 Å². The molecule has 1 nitrogen and oxygen atoms in total. The fourth-order valence-electron chi connectivity index (χ4n) is 1.43. The molecule has 1 rings (SSSR count). The van der Waals surface area contributed by atoms with Crippen molar-refractivity contribution < 1.29 is 13.2 Å². The molecule has 0 amide bonds. The van der Waals surface area contributed by atoms with Gasteiger partial charge in [0.1, 0.15) is 0 Å². The van der Waals surface area contributed by atoms with Crippen LogP contribution >= 0.6 is 0 Å². The Kier molecular flexibility index (Phi) is 2.42. The molecule has 11 heavy (non-hydrogen) atoms. The van der Waals surface area contributed by atoms with E-state index in [-0.39, 0.29) is 12.5 Å². The van der Waals surface area contributed by atoms with Crippen molar-refractivity contribution in [2.45, 2.75) is 19.5 Å². The second-order valence-corrected chi connectivity index (χ2v) is 3.12. The summed E-state index contributed by atoms with van der Waals surface area (Å²) >= 11 is 0. The molecule has 1 aliphatic heterocycles. The lowest BCUT2D eigenvalue weighted by molar-refractivity contribution is -0.190. The Morgan fingerprint density at radius 2 is 2.00 bits per heavy atom. The highest BCUT2D eigenvalue weighted by atomic mass is 19.4. The van der Waals surface area contributed by atoms with Crippen LogP contribution in [0.5, 0.6) is 0 Å². The molecule has 0 aromatic carbocycles. The van der Waals surface area contributed by atoms with Crippen LogP contribution < -0.4 is 5.32 Å². The summed E-state index contributed by atoms with van der Waals surface area (Å²) in [5.41, 5.74) is 0. The van der Waals surface area contributed by atoms with Gasteiger partial charge < -0.3 is 5.32 Å². The molecule has 0 aliphatic carbocycles. The van der Waals surface area contributed by atoms with Crippen LogP contribution in [0.1, 0.15) is 13.3 Å². The van der Waals surface area contributed by atoms with Gasteiger partial charge in [-0.1, -0.05) is 6.92 Å². The molecule has 0 saturated carbocycles. The lowest BCUT2D eigenvalue weighted by atomic mass is 9.88. The van der Waals surface area contributed by atoms with E-state index in [1.54, 1.807) is 6.92 Å². The minimum Gasteiger partial charge on any atom is -0.316 e. The number of hydrogen-bond donors (Lipinski definition) is 1. The Morgan fingerprint density at radius 3 is 2.36 bits per heavy atom. The first-order valence-electron chi connectivity index (χ1n) is 3.79. The predicted molar refractivity (Wildman–Crippen MR) is 36.2 cm³/mol. The van der Waals surface area contributed by atoms with Crippen molar-refractivity contribution in [3.8, 4) is 0 Å². The van der Waals surface area contributed by atoms with Crippen molar-refractivity contribution in [3.63, 3.8) is 0 Å². The summed E-state index contributed by atoms with van der Waals surface area (Å²) in [7, 11) is 0. The van der Waals surface area contributed by atoms with Gasteiger partial charge in [-0.3, -0.25) is 0 Å². The molecule has 0 aromatic rings. The number of nitrogens with one attached hydrogen (secondary N) is 1. The second kappa shape index (κ2) is 3.01. The van der Waals surface area contributed by atoms with Gasteiger partial charge in [-0.2, -0.15) is 13.2 Å². The summed E-state index contributed by atoms with van der Waals surface area (Å²) in [6.07, 6.45) is -3.39. The normalized spacial score (nSPS) is 33.8. The van der Waals surface area contributed by atoms with E-state index >= 15 is 0 Å². The molecule has 1 N–H and O–H groups in total. The van der Waals surface area contributed by atoms with Gasteiger partial charge in [-0.05, 0) is 18.9 Å². The van der Waals surface area contributed by atoms with Crippen LogP contribution in [-0.2, 0) is 0 Å². The number of halogens is 3. The van der Waals surface area contributed by atoms with Crippen LogP contribution in [0.25, 0.3) is 0 Å². The lowest BCUT2D eigenvalue weighted by Gasteiger charge is -2.30. The van der Waals surface area contributed by atoms with Crippen LogP contribution in [0.2, 0.25) is 0 Å². The SMILES string of the molecule is C[C@@H]1CCNC[C@H]1C(F)(F)F. The van der Waals surface area contributed by atoms with Crippen LogP contribution in [0.15, 0.2) is 0 Å². The minimum atomic E-state index is -4.02. The summed E-state index contributed by atoms with van der Waals surface area (Å²) in [5.74, 6) is -1.37. The fourth-order valence-corrected chi connectivity index (χ4v) is 1.43. The third kappa shape index (κ3) is 2.09. The van der Waals surface area contributed by atoms with Crippen LogP contribution in [0.3, 0.4) is 0 Å². The van der Waals surface area contributed by atoms with Gasteiger partial charge in [-0.15, -0.1) is 0 Å². The molecule has 66 valence electrons.